The summed E-state index contributed by atoms with van der Waals surface area (Å²) in [6.07, 6.45) is -1.57. The van der Waals surface area contributed by atoms with Crippen LogP contribution >= 0.6 is 0 Å². The Kier molecular flexibility index (Phi) is 9.63. The lowest BCUT2D eigenvalue weighted by atomic mass is 9.69. The number of amides is 2. The molecule has 5 atom stereocenters. The van der Waals surface area contributed by atoms with E-state index in [9.17, 15) is 34.1 Å². The summed E-state index contributed by atoms with van der Waals surface area (Å²) in [6.45, 7) is 0.995. The first kappa shape index (κ1) is 30.3. The van der Waals surface area contributed by atoms with Gasteiger partial charge in [-0.15, -0.1) is 0 Å². The number of methoxy groups -OCH3 is 1. The molecule has 0 unspecified atom stereocenters. The SMILES string of the molecule is CO[C@@H]1CCC[C@@H]([C@@H]2[C@@H]([C@@H](C)OC(=O)OCc3ccc([N+](=O)[O-])cc3)C(=O)N2C(=O)C(=O)OCc2ccccc2)C1=O. The number of ether oxygens (including phenoxy) is 4. The zero-order chi connectivity index (χ0) is 30.4. The van der Waals surface area contributed by atoms with Gasteiger partial charge in [-0.05, 0) is 49.4 Å². The van der Waals surface area contributed by atoms with Gasteiger partial charge in [0.2, 0.25) is 5.91 Å². The van der Waals surface area contributed by atoms with Gasteiger partial charge in [-0.1, -0.05) is 30.3 Å². The molecule has 13 nitrogen and oxygen atoms in total. The highest BCUT2D eigenvalue weighted by atomic mass is 16.7. The third-order valence-corrected chi connectivity index (χ3v) is 7.45. The number of rotatable bonds is 9. The van der Waals surface area contributed by atoms with Crippen molar-refractivity contribution in [3.8, 4) is 0 Å². The van der Waals surface area contributed by atoms with Crippen LogP contribution in [0.4, 0.5) is 10.5 Å². The molecule has 1 heterocycles. The third-order valence-electron chi connectivity index (χ3n) is 7.45. The van der Waals surface area contributed by atoms with Crippen LogP contribution in [0.25, 0.3) is 0 Å². The molecule has 1 saturated carbocycles. The van der Waals surface area contributed by atoms with Gasteiger partial charge in [0.05, 0.1) is 16.9 Å². The first-order valence-electron chi connectivity index (χ1n) is 13.3. The highest BCUT2D eigenvalue weighted by Crippen LogP contribution is 2.41. The third kappa shape index (κ3) is 6.62. The number of non-ortho nitro benzene ring substituents is 1. The largest absolute Gasteiger partial charge is 0.508 e. The Labute approximate surface area is 240 Å². The molecule has 2 aromatic rings. The summed E-state index contributed by atoms with van der Waals surface area (Å²) in [5.41, 5.74) is 0.982. The second kappa shape index (κ2) is 13.3. The van der Waals surface area contributed by atoms with E-state index >= 15 is 0 Å². The summed E-state index contributed by atoms with van der Waals surface area (Å²) in [7, 11) is 1.39. The van der Waals surface area contributed by atoms with Crippen LogP contribution in [-0.4, -0.2) is 64.9 Å². The van der Waals surface area contributed by atoms with Crippen LogP contribution in [0, 0.1) is 22.0 Å². The molecule has 0 aromatic heterocycles. The van der Waals surface area contributed by atoms with E-state index in [0.29, 0.717) is 30.4 Å². The molecule has 1 saturated heterocycles. The number of esters is 1. The number of nitrogens with zero attached hydrogens (tertiary/aromatic N) is 2. The molecule has 13 heteroatoms. The second-order valence-electron chi connectivity index (χ2n) is 10.0. The average Bonchev–Trinajstić information content (AvgIpc) is 2.98. The predicted molar refractivity (Wildman–Crippen MR) is 142 cm³/mol. The summed E-state index contributed by atoms with van der Waals surface area (Å²) < 4.78 is 20.8. The van der Waals surface area contributed by atoms with Crippen LogP contribution in [0.3, 0.4) is 0 Å². The molecule has 42 heavy (non-hydrogen) atoms. The molecule has 2 aliphatic rings. The quantitative estimate of drug-likeness (QED) is 0.140. The van der Waals surface area contributed by atoms with Gasteiger partial charge < -0.3 is 18.9 Å². The van der Waals surface area contributed by atoms with Crippen molar-refractivity contribution in [1.82, 2.24) is 4.90 Å². The Balaban J connectivity index is 1.44. The number of imide groups is 1. The normalized spacial score (nSPS) is 22.5. The number of hydrogen-bond acceptors (Lipinski definition) is 11. The number of hydrogen-bond donors (Lipinski definition) is 0. The Bertz CT molecular complexity index is 1350. The molecule has 2 fully saturated rings. The Morgan fingerprint density at radius 1 is 0.976 bits per heavy atom. The molecule has 2 aromatic carbocycles. The van der Waals surface area contributed by atoms with E-state index in [-0.39, 0.29) is 24.7 Å². The number of carbonyl (C=O) groups is 5. The van der Waals surface area contributed by atoms with Gasteiger partial charge in [0, 0.05) is 25.2 Å². The van der Waals surface area contributed by atoms with E-state index in [1.165, 1.54) is 38.3 Å². The van der Waals surface area contributed by atoms with Crippen LogP contribution in [0.1, 0.15) is 37.3 Å². The summed E-state index contributed by atoms with van der Waals surface area (Å²) in [5, 5.41) is 10.8. The maximum absolute atomic E-state index is 13.2. The summed E-state index contributed by atoms with van der Waals surface area (Å²) >= 11 is 0. The van der Waals surface area contributed by atoms with Crippen molar-refractivity contribution in [3.05, 3.63) is 75.8 Å². The lowest BCUT2D eigenvalue weighted by Gasteiger charge is -2.50. The van der Waals surface area contributed by atoms with Gasteiger partial charge in [-0.3, -0.25) is 29.4 Å². The molecule has 1 aliphatic carbocycles. The summed E-state index contributed by atoms with van der Waals surface area (Å²) in [4.78, 5) is 75.6. The maximum Gasteiger partial charge on any atom is 0.508 e. The van der Waals surface area contributed by atoms with Crippen molar-refractivity contribution >= 4 is 35.4 Å². The van der Waals surface area contributed by atoms with Crippen LogP contribution in [0.5, 0.6) is 0 Å². The van der Waals surface area contributed by atoms with E-state index in [4.69, 9.17) is 18.9 Å². The minimum Gasteiger partial charge on any atom is -0.454 e. The van der Waals surface area contributed by atoms with Crippen LogP contribution in [0.2, 0.25) is 0 Å². The van der Waals surface area contributed by atoms with Gasteiger partial charge in [0.1, 0.15) is 25.4 Å². The highest BCUT2D eigenvalue weighted by molar-refractivity contribution is 6.36. The molecule has 0 N–H and O–H groups in total. The van der Waals surface area contributed by atoms with Crippen LogP contribution in [0.15, 0.2) is 54.6 Å². The van der Waals surface area contributed by atoms with Crippen molar-refractivity contribution in [2.24, 2.45) is 11.8 Å². The number of nitro groups is 1. The number of ketones is 1. The van der Waals surface area contributed by atoms with E-state index in [1.54, 1.807) is 30.3 Å². The average molecular weight is 583 g/mol. The lowest BCUT2D eigenvalue weighted by molar-refractivity contribution is -0.384. The number of β-lactam (4-membered cyclic amide) rings is 1. The number of benzene rings is 2. The maximum atomic E-state index is 13.2. The Morgan fingerprint density at radius 3 is 2.26 bits per heavy atom. The van der Waals surface area contributed by atoms with E-state index in [2.05, 4.69) is 0 Å². The summed E-state index contributed by atoms with van der Waals surface area (Å²) in [5.74, 6) is -5.50. The number of carbonyl (C=O) groups excluding carboxylic acids is 5. The standard InChI is InChI=1S/C29H30N2O11/c1-17(42-29(36)41-16-19-11-13-20(14-12-19)31(37)38)23-24(21-9-6-10-22(39-2)25(21)32)30(26(23)33)27(34)28(35)40-15-18-7-4-3-5-8-18/h3-5,7-8,11-14,17,21-24H,6,9-10,15-16H2,1-2H3/t17-,21+,22-,23-,24-/m1/s1. The fourth-order valence-electron chi connectivity index (χ4n) is 5.29. The van der Waals surface area contributed by atoms with Crippen LogP contribution in [-0.2, 0) is 51.3 Å². The molecular weight excluding hydrogens is 552 g/mol. The molecule has 4 rings (SSSR count). The molecule has 0 spiro atoms. The first-order valence-corrected chi connectivity index (χ1v) is 13.3. The van der Waals surface area contributed by atoms with E-state index in [1.807, 2.05) is 0 Å². The van der Waals surface area contributed by atoms with Crippen molar-refractivity contribution in [2.75, 3.05) is 7.11 Å². The van der Waals surface area contributed by atoms with E-state index in [0.717, 1.165) is 4.90 Å². The van der Waals surface area contributed by atoms with Gasteiger partial charge in [-0.2, -0.15) is 0 Å². The molecule has 222 valence electrons. The topological polar surface area (TPSA) is 169 Å². The van der Waals surface area contributed by atoms with Gasteiger partial charge in [0.15, 0.2) is 5.78 Å². The molecular formula is C29H30N2O11. The monoisotopic (exact) mass is 582 g/mol. The number of nitro benzene ring substituents is 1. The summed E-state index contributed by atoms with van der Waals surface area (Å²) in [6, 6.07) is 13.0. The molecule has 0 radical (unpaired) electrons. The molecule has 1 aliphatic heterocycles. The minimum absolute atomic E-state index is 0.125. The van der Waals surface area contributed by atoms with Crippen molar-refractivity contribution in [1.29, 1.82) is 0 Å². The molecule has 0 bridgehead atoms. The van der Waals surface area contributed by atoms with Crippen molar-refractivity contribution in [3.63, 3.8) is 0 Å². The zero-order valence-corrected chi connectivity index (χ0v) is 23.0. The first-order chi connectivity index (χ1) is 20.1. The smallest absolute Gasteiger partial charge is 0.454 e. The lowest BCUT2D eigenvalue weighted by Crippen LogP contribution is -2.71. The fourth-order valence-corrected chi connectivity index (χ4v) is 5.29. The minimum atomic E-state index is -1.25. The Hall–Kier alpha value is -4.65. The van der Waals surface area contributed by atoms with Gasteiger partial charge in [-0.25, -0.2) is 9.59 Å². The second-order valence-corrected chi connectivity index (χ2v) is 10.0. The van der Waals surface area contributed by atoms with Crippen LogP contribution < -0.4 is 0 Å². The van der Waals surface area contributed by atoms with Crippen molar-refractivity contribution in [2.45, 2.75) is 57.6 Å². The Morgan fingerprint density at radius 2 is 1.62 bits per heavy atom. The predicted octanol–water partition coefficient (Wildman–Crippen LogP) is 3.12. The molecule has 2 amide bonds. The number of Topliss-reactive ketones (excluding diaryl/α,β-unsaturated/α-hetero) is 1. The highest BCUT2D eigenvalue weighted by Gasteiger charge is 2.60. The van der Waals surface area contributed by atoms with Gasteiger partial charge >= 0.3 is 18.0 Å². The van der Waals surface area contributed by atoms with Gasteiger partial charge in [0.25, 0.3) is 5.69 Å². The van der Waals surface area contributed by atoms with E-state index < -0.39 is 58.9 Å². The van der Waals surface area contributed by atoms with Crippen molar-refractivity contribution < 1.29 is 47.8 Å². The number of likely N-dealkylation sites (tertiary alicyclic amines) is 1. The zero-order valence-electron chi connectivity index (χ0n) is 23.0. The fraction of sp³-hybridized carbons (Fsp3) is 0.414.